The molecule has 0 fully saturated rings. The van der Waals surface area contributed by atoms with Crippen molar-refractivity contribution in [1.29, 1.82) is 0 Å². The maximum Gasteiger partial charge on any atom is 0.422 e. The van der Waals surface area contributed by atoms with Crippen LogP contribution in [0.25, 0.3) is 11.1 Å². The standard InChI is InChI=1S/C16H16F3NO/c1-11(20)15(21,16(17,18)19)14-9-7-13(8-10-14)12-5-3-2-4-6-12/h2-11,21H,20H2,1H3. The Morgan fingerprint density at radius 1 is 0.905 bits per heavy atom. The van der Waals surface area contributed by atoms with E-state index >= 15 is 0 Å². The number of hydrogen-bond donors (Lipinski definition) is 2. The zero-order chi connectivity index (χ0) is 15.7. The lowest BCUT2D eigenvalue weighted by atomic mass is 9.86. The van der Waals surface area contributed by atoms with Gasteiger partial charge in [0.05, 0.1) is 0 Å². The minimum atomic E-state index is -4.84. The highest BCUT2D eigenvalue weighted by Gasteiger charge is 2.57. The van der Waals surface area contributed by atoms with Crippen molar-refractivity contribution >= 4 is 0 Å². The van der Waals surface area contributed by atoms with Crippen molar-refractivity contribution < 1.29 is 18.3 Å². The van der Waals surface area contributed by atoms with Gasteiger partial charge >= 0.3 is 6.18 Å². The summed E-state index contributed by atoms with van der Waals surface area (Å²) >= 11 is 0. The Bertz CT molecular complexity index is 593. The lowest BCUT2D eigenvalue weighted by molar-refractivity contribution is -0.272. The first kappa shape index (κ1) is 15.5. The normalized spacial score (nSPS) is 16.3. The minimum absolute atomic E-state index is 0.260. The van der Waals surface area contributed by atoms with E-state index in [2.05, 4.69) is 0 Å². The minimum Gasteiger partial charge on any atom is -0.375 e. The van der Waals surface area contributed by atoms with E-state index in [-0.39, 0.29) is 5.56 Å². The maximum atomic E-state index is 13.1. The number of hydrogen-bond acceptors (Lipinski definition) is 2. The molecule has 0 aliphatic carbocycles. The first-order valence-corrected chi connectivity index (χ1v) is 6.47. The largest absolute Gasteiger partial charge is 0.422 e. The second-order valence-electron chi connectivity index (χ2n) is 5.00. The molecule has 0 amide bonds. The highest BCUT2D eigenvalue weighted by molar-refractivity contribution is 5.63. The van der Waals surface area contributed by atoms with Crippen LogP contribution in [0.1, 0.15) is 12.5 Å². The Morgan fingerprint density at radius 3 is 1.81 bits per heavy atom. The SMILES string of the molecule is CC(N)C(O)(c1ccc(-c2ccccc2)cc1)C(F)(F)F. The average molecular weight is 295 g/mol. The zero-order valence-electron chi connectivity index (χ0n) is 11.4. The molecular formula is C16H16F3NO. The molecule has 2 atom stereocenters. The van der Waals surface area contributed by atoms with Gasteiger partial charge in [-0.05, 0) is 23.6 Å². The second-order valence-corrected chi connectivity index (χ2v) is 5.00. The molecule has 3 N–H and O–H groups in total. The Labute approximate surface area is 121 Å². The summed E-state index contributed by atoms with van der Waals surface area (Å²) in [5.74, 6) is 0. The van der Waals surface area contributed by atoms with Gasteiger partial charge < -0.3 is 10.8 Å². The van der Waals surface area contributed by atoms with E-state index in [1.54, 1.807) is 12.1 Å². The molecule has 0 radical (unpaired) electrons. The number of rotatable bonds is 3. The first-order valence-electron chi connectivity index (χ1n) is 6.47. The van der Waals surface area contributed by atoms with Crippen molar-refractivity contribution in [2.45, 2.75) is 24.7 Å². The molecular weight excluding hydrogens is 279 g/mol. The fourth-order valence-electron chi connectivity index (χ4n) is 2.23. The molecule has 2 unspecified atom stereocenters. The summed E-state index contributed by atoms with van der Waals surface area (Å²) in [6.45, 7) is 1.14. The number of alkyl halides is 3. The van der Waals surface area contributed by atoms with Gasteiger partial charge in [0.1, 0.15) is 0 Å². The van der Waals surface area contributed by atoms with Crippen molar-refractivity contribution in [3.05, 3.63) is 60.2 Å². The molecule has 0 heterocycles. The van der Waals surface area contributed by atoms with Gasteiger partial charge in [0.25, 0.3) is 0 Å². The summed E-state index contributed by atoms with van der Waals surface area (Å²) in [7, 11) is 0. The summed E-state index contributed by atoms with van der Waals surface area (Å²) in [4.78, 5) is 0. The van der Waals surface area contributed by atoms with Gasteiger partial charge in [0.15, 0.2) is 0 Å². The van der Waals surface area contributed by atoms with Crippen LogP contribution in [0.15, 0.2) is 54.6 Å². The molecule has 21 heavy (non-hydrogen) atoms. The van der Waals surface area contributed by atoms with Crippen molar-refractivity contribution in [3.8, 4) is 11.1 Å². The molecule has 0 bridgehead atoms. The summed E-state index contributed by atoms with van der Waals surface area (Å²) in [6.07, 6.45) is -4.84. The molecule has 0 aliphatic heterocycles. The first-order chi connectivity index (χ1) is 9.76. The Morgan fingerprint density at radius 2 is 1.38 bits per heavy atom. The number of benzene rings is 2. The smallest absolute Gasteiger partial charge is 0.375 e. The Balaban J connectivity index is 2.42. The van der Waals surface area contributed by atoms with Gasteiger partial charge in [0.2, 0.25) is 5.60 Å². The predicted octanol–water partition coefficient (Wildman–Crippen LogP) is 3.45. The lowest BCUT2D eigenvalue weighted by Gasteiger charge is -2.34. The van der Waals surface area contributed by atoms with E-state index in [1.807, 2.05) is 30.3 Å². The van der Waals surface area contributed by atoms with Crippen LogP contribution in [0.5, 0.6) is 0 Å². The number of aliphatic hydroxyl groups is 1. The quantitative estimate of drug-likeness (QED) is 0.911. The molecule has 2 aromatic carbocycles. The fraction of sp³-hybridized carbons (Fsp3) is 0.250. The molecule has 2 rings (SSSR count). The van der Waals surface area contributed by atoms with Crippen LogP contribution in [0, 0.1) is 0 Å². The lowest BCUT2D eigenvalue weighted by Crippen LogP contribution is -2.54. The van der Waals surface area contributed by atoms with Gasteiger partial charge in [-0.25, -0.2) is 0 Å². The average Bonchev–Trinajstić information content (AvgIpc) is 2.46. The summed E-state index contributed by atoms with van der Waals surface area (Å²) in [5.41, 5.74) is 3.72. The molecule has 0 aliphatic rings. The van der Waals surface area contributed by atoms with Gasteiger partial charge in [-0.3, -0.25) is 0 Å². The van der Waals surface area contributed by atoms with E-state index in [0.29, 0.717) is 0 Å². The topological polar surface area (TPSA) is 46.2 Å². The molecule has 0 spiro atoms. The molecule has 5 heteroatoms. The van der Waals surface area contributed by atoms with Gasteiger partial charge in [-0.1, -0.05) is 54.6 Å². The van der Waals surface area contributed by atoms with E-state index in [0.717, 1.165) is 18.1 Å². The third-order valence-electron chi connectivity index (χ3n) is 3.52. The van der Waals surface area contributed by atoms with Crippen LogP contribution in [-0.4, -0.2) is 17.3 Å². The second kappa shape index (κ2) is 5.50. The van der Waals surface area contributed by atoms with Crippen molar-refractivity contribution in [1.82, 2.24) is 0 Å². The van der Waals surface area contributed by atoms with Crippen LogP contribution in [0.4, 0.5) is 13.2 Å². The van der Waals surface area contributed by atoms with Crippen molar-refractivity contribution in [2.75, 3.05) is 0 Å². The van der Waals surface area contributed by atoms with Gasteiger partial charge in [0, 0.05) is 6.04 Å². The molecule has 0 saturated heterocycles. The molecule has 2 aromatic rings. The Hall–Kier alpha value is -1.85. The molecule has 0 aromatic heterocycles. The van der Waals surface area contributed by atoms with E-state index < -0.39 is 17.8 Å². The summed E-state index contributed by atoms with van der Waals surface area (Å²) in [5, 5.41) is 10.0. The van der Waals surface area contributed by atoms with Crippen LogP contribution in [-0.2, 0) is 5.60 Å². The predicted molar refractivity (Wildman–Crippen MR) is 75.5 cm³/mol. The fourth-order valence-corrected chi connectivity index (χ4v) is 2.23. The highest BCUT2D eigenvalue weighted by atomic mass is 19.4. The molecule has 112 valence electrons. The van der Waals surface area contributed by atoms with Crippen molar-refractivity contribution in [3.63, 3.8) is 0 Å². The third kappa shape index (κ3) is 2.80. The van der Waals surface area contributed by atoms with Crippen LogP contribution < -0.4 is 5.73 Å². The van der Waals surface area contributed by atoms with E-state index in [9.17, 15) is 18.3 Å². The summed E-state index contributed by atoms with van der Waals surface area (Å²) in [6, 6.07) is 13.4. The molecule has 0 saturated carbocycles. The Kier molecular flexibility index (Phi) is 4.07. The number of halogens is 3. The monoisotopic (exact) mass is 295 g/mol. The van der Waals surface area contributed by atoms with E-state index in [4.69, 9.17) is 5.73 Å². The van der Waals surface area contributed by atoms with Crippen LogP contribution in [0.3, 0.4) is 0 Å². The van der Waals surface area contributed by atoms with E-state index in [1.165, 1.54) is 12.1 Å². The van der Waals surface area contributed by atoms with Crippen LogP contribution >= 0.6 is 0 Å². The highest BCUT2D eigenvalue weighted by Crippen LogP contribution is 2.41. The van der Waals surface area contributed by atoms with Gasteiger partial charge in [-0.2, -0.15) is 13.2 Å². The third-order valence-corrected chi connectivity index (χ3v) is 3.52. The van der Waals surface area contributed by atoms with Crippen LogP contribution in [0.2, 0.25) is 0 Å². The zero-order valence-corrected chi connectivity index (χ0v) is 11.4. The summed E-state index contributed by atoms with van der Waals surface area (Å²) < 4.78 is 39.4. The molecule has 2 nitrogen and oxygen atoms in total. The van der Waals surface area contributed by atoms with Crippen molar-refractivity contribution in [2.24, 2.45) is 5.73 Å². The maximum absolute atomic E-state index is 13.1. The van der Waals surface area contributed by atoms with Gasteiger partial charge in [-0.15, -0.1) is 0 Å². The number of nitrogens with two attached hydrogens (primary N) is 1.